The lowest BCUT2D eigenvalue weighted by Gasteiger charge is -2.22. The fraction of sp³-hybridized carbons (Fsp3) is 0.750. The molecule has 0 fully saturated rings. The van der Waals surface area contributed by atoms with Crippen LogP contribution in [0.25, 0.3) is 0 Å². The summed E-state index contributed by atoms with van der Waals surface area (Å²) in [5.74, 6) is -0.654. The second-order valence-corrected chi connectivity index (χ2v) is 4.66. The summed E-state index contributed by atoms with van der Waals surface area (Å²) in [6.07, 6.45) is 0.411. The summed E-state index contributed by atoms with van der Waals surface area (Å²) in [7, 11) is 0. The molecule has 17 heavy (non-hydrogen) atoms. The Bertz CT molecular complexity index is 333. The zero-order valence-corrected chi connectivity index (χ0v) is 11.1. The van der Waals surface area contributed by atoms with Gasteiger partial charge in [0.2, 0.25) is 11.8 Å². The van der Waals surface area contributed by atoms with Crippen molar-refractivity contribution < 1.29 is 9.59 Å². The maximum absolute atomic E-state index is 11.8. The Morgan fingerprint density at radius 1 is 1.29 bits per heavy atom. The van der Waals surface area contributed by atoms with E-state index in [1.807, 2.05) is 19.9 Å². The number of nitrogens with zero attached hydrogens (tertiary/aromatic N) is 1. The van der Waals surface area contributed by atoms with E-state index in [2.05, 4.69) is 10.6 Å². The van der Waals surface area contributed by atoms with Crippen molar-refractivity contribution in [2.75, 3.05) is 0 Å². The van der Waals surface area contributed by atoms with Gasteiger partial charge in [0.1, 0.15) is 11.5 Å². The summed E-state index contributed by atoms with van der Waals surface area (Å²) in [5, 5.41) is 14.2. The molecule has 5 nitrogen and oxygen atoms in total. The monoisotopic (exact) mass is 239 g/mol. The van der Waals surface area contributed by atoms with Gasteiger partial charge in [0.05, 0.1) is 6.07 Å². The van der Waals surface area contributed by atoms with Crippen LogP contribution in [0, 0.1) is 16.7 Å². The van der Waals surface area contributed by atoms with Crippen molar-refractivity contribution in [3.63, 3.8) is 0 Å². The minimum Gasteiger partial charge on any atom is -0.352 e. The minimum absolute atomic E-state index is 0.0235. The molecule has 0 spiro atoms. The van der Waals surface area contributed by atoms with E-state index in [0.717, 1.165) is 0 Å². The van der Waals surface area contributed by atoms with Gasteiger partial charge in [-0.15, -0.1) is 0 Å². The molecule has 0 aromatic carbocycles. The van der Waals surface area contributed by atoms with Crippen LogP contribution in [0.1, 0.15) is 41.0 Å². The molecule has 2 N–H and O–H groups in total. The van der Waals surface area contributed by atoms with Gasteiger partial charge in [-0.2, -0.15) is 5.26 Å². The quantitative estimate of drug-likeness (QED) is 0.749. The Labute approximate surface area is 103 Å². The maximum atomic E-state index is 11.8. The predicted molar refractivity (Wildman–Crippen MR) is 64.9 cm³/mol. The molecule has 0 rings (SSSR count). The number of carbonyl (C=O) groups is 2. The Balaban J connectivity index is 4.50. The van der Waals surface area contributed by atoms with E-state index in [-0.39, 0.29) is 11.9 Å². The van der Waals surface area contributed by atoms with E-state index in [1.54, 1.807) is 20.8 Å². The third-order valence-corrected chi connectivity index (χ3v) is 2.63. The Hall–Kier alpha value is -1.57. The fourth-order valence-electron chi connectivity index (χ4n) is 1.12. The van der Waals surface area contributed by atoms with Crippen molar-refractivity contribution in [2.45, 2.75) is 53.1 Å². The third-order valence-electron chi connectivity index (χ3n) is 2.63. The van der Waals surface area contributed by atoms with Crippen LogP contribution >= 0.6 is 0 Å². The van der Waals surface area contributed by atoms with E-state index >= 15 is 0 Å². The van der Waals surface area contributed by atoms with E-state index in [1.165, 1.54) is 0 Å². The molecular formula is C12H21N3O2. The molecule has 0 radical (unpaired) electrons. The van der Waals surface area contributed by atoms with Gasteiger partial charge in [-0.3, -0.25) is 9.59 Å². The summed E-state index contributed by atoms with van der Waals surface area (Å²) < 4.78 is 0. The van der Waals surface area contributed by atoms with Crippen LogP contribution < -0.4 is 10.6 Å². The molecule has 0 aromatic rings. The molecule has 0 heterocycles. The fourth-order valence-corrected chi connectivity index (χ4v) is 1.12. The first-order valence-electron chi connectivity index (χ1n) is 5.79. The Morgan fingerprint density at radius 3 is 2.18 bits per heavy atom. The molecule has 0 aliphatic carbocycles. The first kappa shape index (κ1) is 15.4. The first-order valence-corrected chi connectivity index (χ1v) is 5.79. The zero-order valence-electron chi connectivity index (χ0n) is 11.1. The second kappa shape index (κ2) is 6.24. The molecule has 0 bridgehead atoms. The molecule has 0 aliphatic heterocycles. The van der Waals surface area contributed by atoms with Gasteiger partial charge in [-0.25, -0.2) is 0 Å². The molecule has 96 valence electrons. The topological polar surface area (TPSA) is 82.0 Å². The molecule has 5 heteroatoms. The van der Waals surface area contributed by atoms with Crippen LogP contribution in [-0.2, 0) is 9.59 Å². The van der Waals surface area contributed by atoms with E-state index in [4.69, 9.17) is 5.26 Å². The predicted octanol–water partition coefficient (Wildman–Crippen LogP) is 0.956. The normalized spacial score (nSPS) is 15.6. The number of hydrogen-bond donors (Lipinski definition) is 2. The number of nitrogens with one attached hydrogen (secondary N) is 2. The van der Waals surface area contributed by atoms with Crippen molar-refractivity contribution in [3.8, 4) is 6.07 Å². The first-order chi connectivity index (χ1) is 7.76. The largest absolute Gasteiger partial charge is 0.352 e. The number of carbonyl (C=O) groups excluding carboxylic acids is 2. The molecule has 2 unspecified atom stereocenters. The highest BCUT2D eigenvalue weighted by Crippen LogP contribution is 2.19. The van der Waals surface area contributed by atoms with Gasteiger partial charge < -0.3 is 10.6 Å². The average molecular weight is 239 g/mol. The van der Waals surface area contributed by atoms with Crippen molar-refractivity contribution in [2.24, 2.45) is 5.41 Å². The van der Waals surface area contributed by atoms with Crippen molar-refractivity contribution in [1.29, 1.82) is 5.26 Å². The summed E-state index contributed by atoms with van der Waals surface area (Å²) in [5.41, 5.74) is -1.08. The number of amides is 2. The van der Waals surface area contributed by atoms with Gasteiger partial charge in [-0.1, -0.05) is 6.92 Å². The average Bonchev–Trinajstić information content (AvgIpc) is 2.26. The third kappa shape index (κ3) is 4.43. The molecule has 2 amide bonds. The van der Waals surface area contributed by atoms with Gasteiger partial charge in [0.25, 0.3) is 0 Å². The smallest absolute Gasteiger partial charge is 0.242 e. The number of rotatable bonds is 5. The SMILES string of the molecule is CCC(C)(C#N)C(=O)NC(C)C(=O)NC(C)C. The van der Waals surface area contributed by atoms with Gasteiger partial charge in [-0.05, 0) is 34.1 Å². The van der Waals surface area contributed by atoms with Crippen molar-refractivity contribution in [3.05, 3.63) is 0 Å². The van der Waals surface area contributed by atoms with Crippen molar-refractivity contribution in [1.82, 2.24) is 10.6 Å². The molecule has 0 saturated heterocycles. The van der Waals surface area contributed by atoms with E-state index < -0.39 is 17.4 Å². The highest BCUT2D eigenvalue weighted by Gasteiger charge is 2.33. The van der Waals surface area contributed by atoms with E-state index in [0.29, 0.717) is 6.42 Å². The van der Waals surface area contributed by atoms with Crippen LogP contribution in [0.2, 0.25) is 0 Å². The minimum atomic E-state index is -1.08. The molecule has 0 saturated carbocycles. The van der Waals surface area contributed by atoms with Gasteiger partial charge in [0, 0.05) is 6.04 Å². The molecule has 2 atom stereocenters. The number of nitriles is 1. The van der Waals surface area contributed by atoms with Gasteiger partial charge >= 0.3 is 0 Å². The summed E-state index contributed by atoms with van der Waals surface area (Å²) in [6, 6.07) is 1.36. The van der Waals surface area contributed by atoms with Crippen LogP contribution in [0.5, 0.6) is 0 Å². The Morgan fingerprint density at radius 2 is 1.82 bits per heavy atom. The van der Waals surface area contributed by atoms with Crippen LogP contribution in [0.3, 0.4) is 0 Å². The standard InChI is InChI=1S/C12H21N3O2/c1-6-12(5,7-13)11(17)15-9(4)10(16)14-8(2)3/h8-9H,6H2,1-5H3,(H,14,16)(H,15,17). The van der Waals surface area contributed by atoms with E-state index in [9.17, 15) is 9.59 Å². The lowest BCUT2D eigenvalue weighted by atomic mass is 9.88. The summed E-state index contributed by atoms with van der Waals surface area (Å²) in [6.45, 7) is 8.62. The highest BCUT2D eigenvalue weighted by atomic mass is 16.2. The molecule has 0 aromatic heterocycles. The lowest BCUT2D eigenvalue weighted by Crippen LogP contribution is -2.50. The van der Waals surface area contributed by atoms with Crippen molar-refractivity contribution >= 4 is 11.8 Å². The van der Waals surface area contributed by atoms with Crippen LogP contribution in [0.15, 0.2) is 0 Å². The Kier molecular flexibility index (Phi) is 5.66. The van der Waals surface area contributed by atoms with Crippen LogP contribution in [-0.4, -0.2) is 23.9 Å². The second-order valence-electron chi connectivity index (χ2n) is 4.66. The summed E-state index contributed by atoms with van der Waals surface area (Å²) in [4.78, 5) is 23.4. The summed E-state index contributed by atoms with van der Waals surface area (Å²) >= 11 is 0. The number of hydrogen-bond acceptors (Lipinski definition) is 3. The molecular weight excluding hydrogens is 218 g/mol. The zero-order chi connectivity index (χ0) is 13.6. The lowest BCUT2D eigenvalue weighted by molar-refractivity contribution is -0.132. The molecule has 0 aliphatic rings. The van der Waals surface area contributed by atoms with Crippen LogP contribution in [0.4, 0.5) is 0 Å². The highest BCUT2D eigenvalue weighted by molar-refractivity contribution is 5.91. The van der Waals surface area contributed by atoms with Gasteiger partial charge in [0.15, 0.2) is 0 Å². The maximum Gasteiger partial charge on any atom is 0.242 e.